The number of nitrogens with two attached hydrogens (primary N) is 3. The van der Waals surface area contributed by atoms with Crippen molar-refractivity contribution in [3.8, 4) is 10.6 Å². The maximum absolute atomic E-state index is 11.5. The summed E-state index contributed by atoms with van der Waals surface area (Å²) < 4.78 is 33.2. The molecule has 2 aromatic carbocycles. The lowest BCUT2D eigenvalue weighted by atomic mass is 10.2. The molecular weight excluding hydrogens is 376 g/mol. The molecule has 0 saturated heterocycles. The summed E-state index contributed by atoms with van der Waals surface area (Å²) in [6, 6.07) is 11.3. The molecule has 1 aromatic heterocycles. The predicted molar refractivity (Wildman–Crippen MR) is 102 cm³/mol. The molecule has 3 aromatic rings. The summed E-state index contributed by atoms with van der Waals surface area (Å²) >= 11 is 1.34. The Hall–Kier alpha value is -3.02. The molecule has 0 saturated carbocycles. The van der Waals surface area contributed by atoms with Gasteiger partial charge in [-0.3, -0.25) is 4.55 Å². The summed E-state index contributed by atoms with van der Waals surface area (Å²) in [4.78, 5) is 11.9. The highest BCUT2D eigenvalue weighted by Crippen LogP contribution is 2.37. The van der Waals surface area contributed by atoms with Crippen LogP contribution in [0.25, 0.3) is 20.8 Å². The van der Waals surface area contributed by atoms with Crippen LogP contribution in [0.1, 0.15) is 0 Å². The van der Waals surface area contributed by atoms with Crippen molar-refractivity contribution in [3.63, 3.8) is 0 Å². The van der Waals surface area contributed by atoms with Gasteiger partial charge in [-0.15, -0.1) is 11.3 Å². The average molecular weight is 390 g/mol. The second-order valence-corrected chi connectivity index (χ2v) is 7.60. The highest BCUT2D eigenvalue weighted by molar-refractivity contribution is 7.85. The first-order chi connectivity index (χ1) is 12.2. The Bertz CT molecular complexity index is 1110. The third-order valence-electron chi connectivity index (χ3n) is 3.27. The molecule has 0 amide bonds. The normalized spacial score (nSPS) is 12.3. The average Bonchev–Trinajstić information content (AvgIpc) is 2.97. The number of fused-ring (bicyclic) bond motifs is 1. The number of hydrogen-bond donors (Lipinski definition) is 4. The zero-order valence-corrected chi connectivity index (χ0v) is 14.8. The van der Waals surface area contributed by atoms with Crippen molar-refractivity contribution < 1.29 is 13.0 Å². The molecule has 0 aliphatic carbocycles. The first kappa shape index (κ1) is 17.8. The molecule has 3 rings (SSSR count). The topological polar surface area (TPSA) is 170 Å². The monoisotopic (exact) mass is 390 g/mol. The number of benzene rings is 2. The minimum atomic E-state index is -4.40. The van der Waals surface area contributed by atoms with Crippen LogP contribution in [0.3, 0.4) is 0 Å². The van der Waals surface area contributed by atoms with Gasteiger partial charge in [0.25, 0.3) is 10.1 Å². The lowest BCUT2D eigenvalue weighted by Gasteiger charge is -2.05. The van der Waals surface area contributed by atoms with Gasteiger partial charge in [-0.25, -0.2) is 9.98 Å². The zero-order valence-electron chi connectivity index (χ0n) is 13.2. The lowest BCUT2D eigenvalue weighted by molar-refractivity contribution is 0.483. The lowest BCUT2D eigenvalue weighted by Crippen LogP contribution is -2.26. The van der Waals surface area contributed by atoms with Crippen LogP contribution in [0.5, 0.6) is 0 Å². The summed E-state index contributed by atoms with van der Waals surface area (Å²) in [5.74, 6) is -0.464. The van der Waals surface area contributed by atoms with Crippen LogP contribution in [-0.2, 0) is 10.1 Å². The van der Waals surface area contributed by atoms with E-state index in [0.29, 0.717) is 16.3 Å². The number of rotatable bonds is 3. The number of para-hydroxylation sites is 1. The smallest absolute Gasteiger partial charge is 0.294 e. The van der Waals surface area contributed by atoms with Crippen molar-refractivity contribution in [2.24, 2.45) is 27.2 Å². The first-order valence-corrected chi connectivity index (χ1v) is 9.41. The Morgan fingerprint density at radius 3 is 2.50 bits per heavy atom. The Kier molecular flexibility index (Phi) is 4.59. The van der Waals surface area contributed by atoms with E-state index in [9.17, 15) is 13.0 Å². The summed E-state index contributed by atoms with van der Waals surface area (Å²) in [6.45, 7) is 0. The molecule has 134 valence electrons. The Morgan fingerprint density at radius 1 is 1.12 bits per heavy atom. The fraction of sp³-hybridized carbons (Fsp3) is 0. The minimum Gasteiger partial charge on any atom is -0.370 e. The number of guanidine groups is 2. The fourth-order valence-electron chi connectivity index (χ4n) is 2.21. The van der Waals surface area contributed by atoms with Crippen LogP contribution >= 0.6 is 11.3 Å². The second kappa shape index (κ2) is 6.71. The highest BCUT2D eigenvalue weighted by atomic mass is 32.2. The zero-order chi connectivity index (χ0) is 18.9. The van der Waals surface area contributed by atoms with Gasteiger partial charge < -0.3 is 17.2 Å². The van der Waals surface area contributed by atoms with E-state index in [0.717, 1.165) is 10.2 Å². The molecule has 11 heteroatoms. The van der Waals surface area contributed by atoms with Gasteiger partial charge in [-0.1, -0.05) is 12.1 Å². The largest absolute Gasteiger partial charge is 0.370 e. The van der Waals surface area contributed by atoms with E-state index in [1.54, 1.807) is 0 Å². The van der Waals surface area contributed by atoms with Gasteiger partial charge in [0.1, 0.15) is 5.01 Å². The third kappa shape index (κ3) is 3.79. The van der Waals surface area contributed by atoms with Gasteiger partial charge in [-0.2, -0.15) is 13.4 Å². The van der Waals surface area contributed by atoms with Crippen LogP contribution in [0.2, 0.25) is 0 Å². The van der Waals surface area contributed by atoms with Crippen LogP contribution in [0.4, 0.5) is 5.69 Å². The summed E-state index contributed by atoms with van der Waals surface area (Å²) in [6.07, 6.45) is 0. The van der Waals surface area contributed by atoms with Crippen LogP contribution in [0, 0.1) is 0 Å². The molecule has 0 atom stereocenters. The number of aromatic nitrogens is 1. The molecule has 0 fully saturated rings. The SMILES string of the molecule is NC(N)=NC(N)=Nc1ccc(S(=O)(=O)O)cc1-c1nc2ccccc2s1. The van der Waals surface area contributed by atoms with Gasteiger partial charge in [-0.05, 0) is 30.3 Å². The molecule has 0 radical (unpaired) electrons. The first-order valence-electron chi connectivity index (χ1n) is 7.15. The molecule has 0 spiro atoms. The summed E-state index contributed by atoms with van der Waals surface area (Å²) in [5, 5.41) is 0.507. The minimum absolute atomic E-state index is 0.202. The van der Waals surface area contributed by atoms with Gasteiger partial charge >= 0.3 is 0 Å². The Labute approximate surface area is 152 Å². The molecule has 0 aliphatic rings. The Balaban J connectivity index is 2.23. The second-order valence-electron chi connectivity index (χ2n) is 5.15. The highest BCUT2D eigenvalue weighted by Gasteiger charge is 2.17. The molecule has 26 heavy (non-hydrogen) atoms. The van der Waals surface area contributed by atoms with Gasteiger partial charge in [0.15, 0.2) is 5.96 Å². The number of thiazole rings is 1. The predicted octanol–water partition coefficient (Wildman–Crippen LogP) is 1.43. The molecule has 9 nitrogen and oxygen atoms in total. The van der Waals surface area contributed by atoms with E-state index >= 15 is 0 Å². The maximum Gasteiger partial charge on any atom is 0.294 e. The number of hydrogen-bond acceptors (Lipinski definition) is 5. The fourth-order valence-corrected chi connectivity index (χ4v) is 3.71. The molecule has 7 N–H and O–H groups in total. The molecule has 1 heterocycles. The quantitative estimate of drug-likeness (QED) is 0.297. The van der Waals surface area contributed by atoms with E-state index in [1.807, 2.05) is 24.3 Å². The van der Waals surface area contributed by atoms with E-state index in [2.05, 4.69) is 15.0 Å². The molecule has 0 bridgehead atoms. The van der Waals surface area contributed by atoms with Gasteiger partial charge in [0, 0.05) is 5.56 Å². The van der Waals surface area contributed by atoms with E-state index < -0.39 is 10.1 Å². The van der Waals surface area contributed by atoms with E-state index in [-0.39, 0.29) is 16.8 Å². The summed E-state index contributed by atoms with van der Waals surface area (Å²) in [5.41, 5.74) is 17.6. The van der Waals surface area contributed by atoms with Crippen molar-refractivity contribution in [2.45, 2.75) is 4.90 Å². The van der Waals surface area contributed by atoms with Crippen LogP contribution in [-0.4, -0.2) is 29.9 Å². The van der Waals surface area contributed by atoms with Crippen molar-refractivity contribution in [1.82, 2.24) is 4.98 Å². The Morgan fingerprint density at radius 2 is 1.85 bits per heavy atom. The number of nitrogens with zero attached hydrogens (tertiary/aromatic N) is 3. The molecular formula is C15H14N6O3S2. The number of aliphatic imine (C=N–C) groups is 2. The third-order valence-corrected chi connectivity index (χ3v) is 5.19. The van der Waals surface area contributed by atoms with Crippen molar-refractivity contribution in [2.75, 3.05) is 0 Å². The standard InChI is InChI=1S/C15H14N6O3S2/c16-14(17)21-15(18)20-10-6-5-8(26(22,23)24)7-9(10)13-19-11-3-1-2-4-12(11)25-13/h1-7H,(H,22,23,24)(H6,16,17,18,20,21). The van der Waals surface area contributed by atoms with Gasteiger partial charge in [0.2, 0.25) is 5.96 Å². The van der Waals surface area contributed by atoms with Crippen LogP contribution in [0.15, 0.2) is 57.3 Å². The van der Waals surface area contributed by atoms with Crippen LogP contribution < -0.4 is 17.2 Å². The van der Waals surface area contributed by atoms with E-state index in [4.69, 9.17) is 17.2 Å². The van der Waals surface area contributed by atoms with Gasteiger partial charge in [0.05, 0.1) is 20.8 Å². The molecule has 0 unspecified atom stereocenters. The molecule has 0 aliphatic heterocycles. The summed E-state index contributed by atoms with van der Waals surface area (Å²) in [7, 11) is -4.40. The maximum atomic E-state index is 11.5. The van der Waals surface area contributed by atoms with Crippen molar-refractivity contribution in [1.29, 1.82) is 0 Å². The van der Waals surface area contributed by atoms with Crippen molar-refractivity contribution >= 4 is 49.3 Å². The van der Waals surface area contributed by atoms with E-state index in [1.165, 1.54) is 29.5 Å². The van der Waals surface area contributed by atoms with Crippen molar-refractivity contribution in [3.05, 3.63) is 42.5 Å².